The molecule has 0 bridgehead atoms. The molecule has 2 saturated heterocycles. The van der Waals surface area contributed by atoms with Gasteiger partial charge in [0, 0.05) is 31.0 Å². The zero-order valence-corrected chi connectivity index (χ0v) is 17.1. The molecule has 152 valence electrons. The van der Waals surface area contributed by atoms with E-state index in [1.807, 2.05) is 65.4 Å². The summed E-state index contributed by atoms with van der Waals surface area (Å²) >= 11 is 0. The highest BCUT2D eigenvalue weighted by Gasteiger charge is 2.48. The lowest BCUT2D eigenvalue weighted by molar-refractivity contribution is -0.123. The lowest BCUT2D eigenvalue weighted by Crippen LogP contribution is -2.64. The maximum Gasteiger partial charge on any atom is 0.321 e. The summed E-state index contributed by atoms with van der Waals surface area (Å²) in [5, 5.41) is 3.04. The summed E-state index contributed by atoms with van der Waals surface area (Å²) in [6.45, 7) is 4.36. The van der Waals surface area contributed by atoms with Gasteiger partial charge in [0.05, 0.1) is 12.1 Å². The Morgan fingerprint density at radius 3 is 2.66 bits per heavy atom. The summed E-state index contributed by atoms with van der Waals surface area (Å²) in [6.07, 6.45) is 1.78. The van der Waals surface area contributed by atoms with E-state index in [-0.39, 0.29) is 17.5 Å². The monoisotopic (exact) mass is 392 g/mol. The Bertz CT molecular complexity index is 901. The van der Waals surface area contributed by atoms with Gasteiger partial charge in [0.25, 0.3) is 0 Å². The highest BCUT2D eigenvalue weighted by atomic mass is 16.2. The van der Waals surface area contributed by atoms with Crippen molar-refractivity contribution in [2.75, 3.05) is 43.4 Å². The van der Waals surface area contributed by atoms with Crippen LogP contribution in [0.15, 0.2) is 54.6 Å². The SMILES string of the molecule is CCc1cccc(NC(=O)N2CC[C@@]3(C2)CN(c2ccccc2)C(=O)CN3C)c1. The summed E-state index contributed by atoms with van der Waals surface area (Å²) in [7, 11) is 1.99. The number of aryl methyl sites for hydroxylation is 1. The third-order valence-electron chi connectivity index (χ3n) is 6.21. The van der Waals surface area contributed by atoms with Crippen LogP contribution >= 0.6 is 0 Å². The predicted octanol–water partition coefficient (Wildman–Crippen LogP) is 3.20. The Balaban J connectivity index is 1.48. The average Bonchev–Trinajstić information content (AvgIpc) is 3.17. The second kappa shape index (κ2) is 7.87. The lowest BCUT2D eigenvalue weighted by Gasteiger charge is -2.46. The first kappa shape index (κ1) is 19.5. The van der Waals surface area contributed by atoms with E-state index in [0.717, 1.165) is 24.2 Å². The second-order valence-electron chi connectivity index (χ2n) is 8.05. The largest absolute Gasteiger partial charge is 0.323 e. The fourth-order valence-electron chi connectivity index (χ4n) is 4.34. The third kappa shape index (κ3) is 3.85. The number of likely N-dealkylation sites (N-methyl/N-ethyl adjacent to an activating group) is 1. The molecule has 6 nitrogen and oxygen atoms in total. The van der Waals surface area contributed by atoms with Crippen molar-refractivity contribution in [3.05, 3.63) is 60.2 Å². The number of carbonyl (C=O) groups excluding carboxylic acids is 2. The van der Waals surface area contributed by atoms with Gasteiger partial charge in [0.1, 0.15) is 0 Å². The molecule has 1 atom stereocenters. The summed E-state index contributed by atoms with van der Waals surface area (Å²) < 4.78 is 0. The molecular formula is C23H28N4O2. The third-order valence-corrected chi connectivity index (χ3v) is 6.21. The Hall–Kier alpha value is -2.86. The fraction of sp³-hybridized carbons (Fsp3) is 0.391. The van der Waals surface area contributed by atoms with Crippen LogP contribution in [0.25, 0.3) is 0 Å². The molecule has 29 heavy (non-hydrogen) atoms. The van der Waals surface area contributed by atoms with Crippen molar-refractivity contribution in [1.29, 1.82) is 0 Å². The molecule has 2 aliphatic heterocycles. The molecule has 2 heterocycles. The molecule has 0 aromatic heterocycles. The molecule has 4 rings (SSSR count). The molecule has 2 fully saturated rings. The van der Waals surface area contributed by atoms with Crippen molar-refractivity contribution < 1.29 is 9.59 Å². The van der Waals surface area contributed by atoms with Crippen LogP contribution in [0.3, 0.4) is 0 Å². The maximum atomic E-state index is 12.9. The molecule has 1 N–H and O–H groups in total. The van der Waals surface area contributed by atoms with Crippen molar-refractivity contribution in [2.24, 2.45) is 0 Å². The molecule has 0 radical (unpaired) electrons. The van der Waals surface area contributed by atoms with Crippen molar-refractivity contribution in [3.8, 4) is 0 Å². The van der Waals surface area contributed by atoms with E-state index < -0.39 is 0 Å². The molecular weight excluding hydrogens is 364 g/mol. The summed E-state index contributed by atoms with van der Waals surface area (Å²) in [6, 6.07) is 17.7. The van der Waals surface area contributed by atoms with Crippen molar-refractivity contribution in [3.63, 3.8) is 0 Å². The van der Waals surface area contributed by atoms with E-state index in [9.17, 15) is 9.59 Å². The number of para-hydroxylation sites is 1. The number of carbonyl (C=O) groups is 2. The van der Waals surface area contributed by atoms with Crippen LogP contribution in [-0.4, -0.2) is 60.5 Å². The molecule has 2 aromatic carbocycles. The molecule has 0 unspecified atom stereocenters. The van der Waals surface area contributed by atoms with Crippen LogP contribution in [-0.2, 0) is 11.2 Å². The number of likely N-dealkylation sites (tertiary alicyclic amines) is 1. The van der Waals surface area contributed by atoms with Gasteiger partial charge in [-0.15, -0.1) is 0 Å². The van der Waals surface area contributed by atoms with Gasteiger partial charge < -0.3 is 15.1 Å². The molecule has 3 amide bonds. The van der Waals surface area contributed by atoms with Crippen LogP contribution in [0.5, 0.6) is 0 Å². The highest BCUT2D eigenvalue weighted by molar-refractivity contribution is 5.96. The van der Waals surface area contributed by atoms with Gasteiger partial charge in [-0.2, -0.15) is 0 Å². The minimum absolute atomic E-state index is 0.0771. The molecule has 2 aliphatic rings. The van der Waals surface area contributed by atoms with Gasteiger partial charge in [-0.3, -0.25) is 9.69 Å². The number of benzene rings is 2. The number of anilines is 2. The Kier molecular flexibility index (Phi) is 5.28. The quantitative estimate of drug-likeness (QED) is 0.873. The number of nitrogens with one attached hydrogen (secondary N) is 1. The Morgan fingerprint density at radius 1 is 1.10 bits per heavy atom. The lowest BCUT2D eigenvalue weighted by atomic mass is 9.92. The molecule has 1 spiro atoms. The fourth-order valence-corrected chi connectivity index (χ4v) is 4.34. The van der Waals surface area contributed by atoms with Gasteiger partial charge >= 0.3 is 6.03 Å². The van der Waals surface area contributed by atoms with E-state index in [1.165, 1.54) is 5.56 Å². The number of nitrogens with zero attached hydrogens (tertiary/aromatic N) is 3. The average molecular weight is 393 g/mol. The first-order chi connectivity index (χ1) is 14.0. The number of hydrogen-bond donors (Lipinski definition) is 1. The molecule has 2 aromatic rings. The maximum absolute atomic E-state index is 12.9. The van der Waals surface area contributed by atoms with Crippen molar-refractivity contribution in [1.82, 2.24) is 9.80 Å². The van der Waals surface area contributed by atoms with E-state index in [2.05, 4.69) is 23.2 Å². The number of hydrogen-bond acceptors (Lipinski definition) is 3. The van der Waals surface area contributed by atoms with Crippen LogP contribution in [0.2, 0.25) is 0 Å². The number of piperazine rings is 1. The molecule has 0 saturated carbocycles. The smallest absolute Gasteiger partial charge is 0.321 e. The van der Waals surface area contributed by atoms with Gasteiger partial charge in [-0.05, 0) is 49.7 Å². The first-order valence-corrected chi connectivity index (χ1v) is 10.2. The van der Waals surface area contributed by atoms with E-state index >= 15 is 0 Å². The van der Waals surface area contributed by atoms with Gasteiger partial charge in [-0.1, -0.05) is 37.3 Å². The van der Waals surface area contributed by atoms with Crippen LogP contribution < -0.4 is 10.2 Å². The normalized spacial score (nSPS) is 22.3. The Labute approximate surface area is 172 Å². The van der Waals surface area contributed by atoms with E-state index in [0.29, 0.717) is 26.2 Å². The summed E-state index contributed by atoms with van der Waals surface area (Å²) in [4.78, 5) is 31.4. The second-order valence-corrected chi connectivity index (χ2v) is 8.05. The minimum Gasteiger partial charge on any atom is -0.323 e. The Morgan fingerprint density at radius 2 is 1.90 bits per heavy atom. The van der Waals surface area contributed by atoms with Gasteiger partial charge in [-0.25, -0.2) is 4.79 Å². The summed E-state index contributed by atoms with van der Waals surface area (Å²) in [5.41, 5.74) is 2.73. The molecule has 0 aliphatic carbocycles. The van der Waals surface area contributed by atoms with Gasteiger partial charge in [0.2, 0.25) is 5.91 Å². The van der Waals surface area contributed by atoms with E-state index in [4.69, 9.17) is 0 Å². The van der Waals surface area contributed by atoms with Gasteiger partial charge in [0.15, 0.2) is 0 Å². The van der Waals surface area contributed by atoms with E-state index in [1.54, 1.807) is 0 Å². The molecule has 6 heteroatoms. The highest BCUT2D eigenvalue weighted by Crippen LogP contribution is 2.33. The van der Waals surface area contributed by atoms with Crippen molar-refractivity contribution >= 4 is 23.3 Å². The number of urea groups is 1. The topological polar surface area (TPSA) is 55.9 Å². The standard InChI is InChI=1S/C23H28N4O2/c1-3-18-8-7-9-19(14-18)24-22(29)26-13-12-23(16-26)17-27(21(28)15-25(23)2)20-10-5-4-6-11-20/h4-11,14H,3,12-13,15-17H2,1-2H3,(H,24,29)/t23-/m1/s1. The minimum atomic E-state index is -0.216. The van der Waals surface area contributed by atoms with Crippen LogP contribution in [0, 0.1) is 0 Å². The number of rotatable bonds is 3. The first-order valence-electron chi connectivity index (χ1n) is 10.2. The van der Waals surface area contributed by atoms with Crippen LogP contribution in [0.1, 0.15) is 18.9 Å². The zero-order chi connectivity index (χ0) is 20.4. The predicted molar refractivity (Wildman–Crippen MR) is 115 cm³/mol. The zero-order valence-electron chi connectivity index (χ0n) is 17.1. The van der Waals surface area contributed by atoms with Crippen LogP contribution in [0.4, 0.5) is 16.2 Å². The van der Waals surface area contributed by atoms with Crippen molar-refractivity contribution in [2.45, 2.75) is 25.3 Å². The number of amides is 3. The summed E-state index contributed by atoms with van der Waals surface area (Å²) in [5.74, 6) is 0.101.